The quantitative estimate of drug-likeness (QED) is 0.773. The fraction of sp³-hybridized carbons (Fsp3) is 0.333. The molecule has 1 aromatic rings. The zero-order valence-corrected chi connectivity index (χ0v) is 10.1. The number of ether oxygens (including phenoxy) is 1. The zero-order chi connectivity index (χ0) is 14.0. The smallest absolute Gasteiger partial charge is 0.243 e. The van der Waals surface area contributed by atoms with E-state index in [0.717, 1.165) is 12.1 Å². The number of halogens is 2. The van der Waals surface area contributed by atoms with Gasteiger partial charge in [0.25, 0.3) is 0 Å². The molecular formula is C12H12F2N2O3. The third-order valence-corrected chi connectivity index (χ3v) is 3.09. The molecule has 1 saturated heterocycles. The summed E-state index contributed by atoms with van der Waals surface area (Å²) >= 11 is 0. The van der Waals surface area contributed by atoms with Gasteiger partial charge < -0.3 is 15.4 Å². The van der Waals surface area contributed by atoms with E-state index in [1.54, 1.807) is 0 Å². The summed E-state index contributed by atoms with van der Waals surface area (Å²) in [6, 6.07) is 1.10. The van der Waals surface area contributed by atoms with Crippen molar-refractivity contribution in [1.29, 1.82) is 0 Å². The molecule has 7 heteroatoms. The van der Waals surface area contributed by atoms with Gasteiger partial charge in [-0.05, 0) is 0 Å². The molecular weight excluding hydrogens is 258 g/mol. The minimum Gasteiger partial charge on any atom is -0.497 e. The monoisotopic (exact) mass is 270 g/mol. The molecule has 0 unspecified atom stereocenters. The van der Waals surface area contributed by atoms with Crippen LogP contribution in [0.5, 0.6) is 5.75 Å². The molecule has 2 amide bonds. The van der Waals surface area contributed by atoms with Gasteiger partial charge in [0.15, 0.2) is 0 Å². The largest absolute Gasteiger partial charge is 0.497 e. The Hall–Kier alpha value is -2.18. The van der Waals surface area contributed by atoms with Crippen molar-refractivity contribution in [1.82, 2.24) is 10.6 Å². The Bertz CT molecular complexity index is 499. The maximum absolute atomic E-state index is 13.9. The predicted octanol–water partition coefficient (Wildman–Crippen LogP) is 0.301. The van der Waals surface area contributed by atoms with Gasteiger partial charge in [-0.2, -0.15) is 0 Å². The molecule has 1 aliphatic heterocycles. The Morgan fingerprint density at radius 2 is 2.05 bits per heavy atom. The average molecular weight is 270 g/mol. The van der Waals surface area contributed by atoms with Crippen LogP contribution in [0.2, 0.25) is 0 Å². The van der Waals surface area contributed by atoms with E-state index in [0.29, 0.717) is 6.41 Å². The second-order valence-corrected chi connectivity index (χ2v) is 4.12. The number of benzene rings is 1. The standard InChI is InChI=1S/C12H12F2N2O3/c1-19-6-2-8(13)10(9(14)3-6)7-4-15-12(18)11(7)16-5-17/h2-3,5,7,11H,4H2,1H3,(H,15,18)(H,16,17)/t7-,11+/m0/s1. The number of carbonyl (C=O) groups is 2. The van der Waals surface area contributed by atoms with Gasteiger partial charge in [-0.3, -0.25) is 9.59 Å². The van der Waals surface area contributed by atoms with Crippen LogP contribution in [0.3, 0.4) is 0 Å². The molecule has 1 heterocycles. The van der Waals surface area contributed by atoms with Crippen LogP contribution in [0.15, 0.2) is 12.1 Å². The van der Waals surface area contributed by atoms with E-state index in [9.17, 15) is 18.4 Å². The van der Waals surface area contributed by atoms with E-state index in [4.69, 9.17) is 4.74 Å². The highest BCUT2D eigenvalue weighted by atomic mass is 19.1. The number of nitrogens with one attached hydrogen (secondary N) is 2. The van der Waals surface area contributed by atoms with E-state index in [1.165, 1.54) is 7.11 Å². The van der Waals surface area contributed by atoms with Gasteiger partial charge in [-0.25, -0.2) is 8.78 Å². The number of rotatable bonds is 4. The van der Waals surface area contributed by atoms with Crippen LogP contribution in [-0.4, -0.2) is 32.0 Å². The predicted molar refractivity (Wildman–Crippen MR) is 61.6 cm³/mol. The molecule has 0 radical (unpaired) electrons. The van der Waals surface area contributed by atoms with Crippen molar-refractivity contribution in [3.05, 3.63) is 29.3 Å². The summed E-state index contributed by atoms with van der Waals surface area (Å²) in [5, 5.41) is 4.73. The van der Waals surface area contributed by atoms with Gasteiger partial charge in [-0.1, -0.05) is 0 Å². The molecule has 2 N–H and O–H groups in total. The Morgan fingerprint density at radius 3 is 2.58 bits per heavy atom. The third kappa shape index (κ3) is 2.35. The summed E-state index contributed by atoms with van der Waals surface area (Å²) in [5.74, 6) is -2.82. The van der Waals surface area contributed by atoms with Crippen molar-refractivity contribution in [2.24, 2.45) is 0 Å². The van der Waals surface area contributed by atoms with Gasteiger partial charge in [0.1, 0.15) is 23.4 Å². The van der Waals surface area contributed by atoms with Crippen LogP contribution in [0.25, 0.3) is 0 Å². The Balaban J connectivity index is 2.41. The number of methoxy groups -OCH3 is 1. The summed E-state index contributed by atoms with van der Waals surface area (Å²) in [5.41, 5.74) is -0.238. The van der Waals surface area contributed by atoms with Gasteiger partial charge in [0.2, 0.25) is 12.3 Å². The Labute approximate surface area is 107 Å². The van der Waals surface area contributed by atoms with Crippen molar-refractivity contribution in [2.45, 2.75) is 12.0 Å². The van der Waals surface area contributed by atoms with Crippen molar-refractivity contribution in [2.75, 3.05) is 13.7 Å². The summed E-state index contributed by atoms with van der Waals surface area (Å²) in [6.07, 6.45) is 0.335. The second kappa shape index (κ2) is 5.21. The van der Waals surface area contributed by atoms with Crippen molar-refractivity contribution < 1.29 is 23.1 Å². The normalized spacial score (nSPS) is 21.9. The van der Waals surface area contributed by atoms with E-state index in [-0.39, 0.29) is 17.9 Å². The van der Waals surface area contributed by atoms with E-state index in [1.807, 2.05) is 0 Å². The number of carbonyl (C=O) groups excluding carboxylic acids is 2. The molecule has 0 saturated carbocycles. The van der Waals surface area contributed by atoms with E-state index >= 15 is 0 Å². The van der Waals surface area contributed by atoms with Gasteiger partial charge >= 0.3 is 0 Å². The molecule has 1 aromatic carbocycles. The van der Waals surface area contributed by atoms with Crippen LogP contribution in [0.4, 0.5) is 8.78 Å². The van der Waals surface area contributed by atoms with Crippen LogP contribution in [-0.2, 0) is 9.59 Å². The average Bonchev–Trinajstić information content (AvgIpc) is 2.71. The highest BCUT2D eigenvalue weighted by Gasteiger charge is 2.38. The molecule has 0 aromatic heterocycles. The lowest BCUT2D eigenvalue weighted by Crippen LogP contribution is -2.38. The lowest BCUT2D eigenvalue weighted by atomic mass is 9.93. The lowest BCUT2D eigenvalue weighted by molar-refractivity contribution is -0.123. The van der Waals surface area contributed by atoms with Gasteiger partial charge in [0.05, 0.1) is 7.11 Å². The first-order chi connectivity index (χ1) is 9.08. The second-order valence-electron chi connectivity index (χ2n) is 4.12. The number of hydrogen-bond acceptors (Lipinski definition) is 3. The summed E-state index contributed by atoms with van der Waals surface area (Å²) in [7, 11) is 1.30. The summed E-state index contributed by atoms with van der Waals surface area (Å²) in [4.78, 5) is 21.9. The van der Waals surface area contributed by atoms with Gasteiger partial charge in [0, 0.05) is 30.2 Å². The highest BCUT2D eigenvalue weighted by Crippen LogP contribution is 2.31. The first-order valence-electron chi connectivity index (χ1n) is 5.58. The van der Waals surface area contributed by atoms with Crippen LogP contribution < -0.4 is 15.4 Å². The summed E-state index contributed by atoms with van der Waals surface area (Å²) in [6.45, 7) is 0.0600. The minimum absolute atomic E-state index is 0.0518. The molecule has 2 rings (SSSR count). The SMILES string of the molecule is COc1cc(F)c([C@@H]2CNC(=O)[C@@H]2NC=O)c(F)c1. The van der Waals surface area contributed by atoms with E-state index in [2.05, 4.69) is 10.6 Å². The van der Waals surface area contributed by atoms with Crippen molar-refractivity contribution in [3.63, 3.8) is 0 Å². The van der Waals surface area contributed by atoms with Crippen molar-refractivity contribution >= 4 is 12.3 Å². The van der Waals surface area contributed by atoms with Gasteiger partial charge in [-0.15, -0.1) is 0 Å². The molecule has 1 aliphatic rings. The topological polar surface area (TPSA) is 67.4 Å². The third-order valence-electron chi connectivity index (χ3n) is 3.09. The van der Waals surface area contributed by atoms with Crippen LogP contribution in [0, 0.1) is 11.6 Å². The molecule has 0 bridgehead atoms. The molecule has 5 nitrogen and oxygen atoms in total. The maximum atomic E-state index is 13.9. The molecule has 0 spiro atoms. The van der Waals surface area contributed by atoms with Crippen molar-refractivity contribution in [3.8, 4) is 5.75 Å². The molecule has 0 aliphatic carbocycles. The molecule has 102 valence electrons. The lowest BCUT2D eigenvalue weighted by Gasteiger charge is -2.18. The van der Waals surface area contributed by atoms with E-state index < -0.39 is 29.5 Å². The summed E-state index contributed by atoms with van der Waals surface area (Å²) < 4.78 is 32.6. The highest BCUT2D eigenvalue weighted by molar-refractivity contribution is 5.87. The molecule has 2 atom stereocenters. The molecule has 19 heavy (non-hydrogen) atoms. The number of amides is 2. The fourth-order valence-corrected chi connectivity index (χ4v) is 2.19. The first-order valence-corrected chi connectivity index (χ1v) is 5.58. The maximum Gasteiger partial charge on any atom is 0.243 e. The fourth-order valence-electron chi connectivity index (χ4n) is 2.19. The molecule has 1 fully saturated rings. The number of hydrogen-bond donors (Lipinski definition) is 2. The Kier molecular flexibility index (Phi) is 3.64. The minimum atomic E-state index is -0.977. The first kappa shape index (κ1) is 13.3. The Morgan fingerprint density at radius 1 is 1.42 bits per heavy atom. The zero-order valence-electron chi connectivity index (χ0n) is 10.1. The van der Waals surface area contributed by atoms with Crippen LogP contribution >= 0.6 is 0 Å². The van der Waals surface area contributed by atoms with Crippen LogP contribution in [0.1, 0.15) is 11.5 Å².